The Hall–Kier alpha value is -1.52. The molecule has 106 valence electrons. The fourth-order valence-corrected chi connectivity index (χ4v) is 2.43. The molecule has 2 rings (SSSR count). The lowest BCUT2D eigenvalue weighted by atomic mass is 10.1. The van der Waals surface area contributed by atoms with Crippen LogP contribution in [0, 0.1) is 0 Å². The van der Waals surface area contributed by atoms with E-state index >= 15 is 0 Å². The summed E-state index contributed by atoms with van der Waals surface area (Å²) in [6, 6.07) is 16.3. The molecular weight excluding hydrogens is 318 g/mol. The van der Waals surface area contributed by atoms with Gasteiger partial charge in [-0.15, -0.1) is 0 Å². The monoisotopic (exact) mass is 335 g/mol. The summed E-state index contributed by atoms with van der Waals surface area (Å²) < 4.78 is 11.6. The van der Waals surface area contributed by atoms with E-state index in [2.05, 4.69) is 33.4 Å². The van der Waals surface area contributed by atoms with Crippen molar-refractivity contribution in [3.8, 4) is 5.75 Å². The number of nitrogens with one attached hydrogen (secondary N) is 1. The fraction of sp³-hybridized carbons (Fsp3) is 0.250. The van der Waals surface area contributed by atoms with Crippen molar-refractivity contribution in [3.05, 3.63) is 58.6 Å². The third kappa shape index (κ3) is 3.74. The zero-order chi connectivity index (χ0) is 14.4. The van der Waals surface area contributed by atoms with E-state index < -0.39 is 0 Å². The molecule has 20 heavy (non-hydrogen) atoms. The number of methoxy groups -OCH3 is 2. The summed E-state index contributed by atoms with van der Waals surface area (Å²) in [5.74, 6) is 0.805. The first-order valence-corrected chi connectivity index (χ1v) is 7.18. The van der Waals surface area contributed by atoms with E-state index in [0.29, 0.717) is 6.61 Å². The molecule has 0 saturated carbocycles. The molecule has 4 heteroatoms. The minimum absolute atomic E-state index is 0.104. The number of anilines is 1. The second kappa shape index (κ2) is 7.31. The van der Waals surface area contributed by atoms with Gasteiger partial charge in [0.2, 0.25) is 0 Å². The van der Waals surface area contributed by atoms with E-state index in [4.69, 9.17) is 9.47 Å². The molecule has 0 radical (unpaired) electrons. The summed E-state index contributed by atoms with van der Waals surface area (Å²) in [5, 5.41) is 3.47. The van der Waals surface area contributed by atoms with Gasteiger partial charge >= 0.3 is 0 Å². The molecule has 1 atom stereocenters. The van der Waals surface area contributed by atoms with Crippen LogP contribution >= 0.6 is 15.9 Å². The van der Waals surface area contributed by atoms with Crippen molar-refractivity contribution in [2.45, 2.75) is 6.04 Å². The molecule has 1 unspecified atom stereocenters. The summed E-state index contributed by atoms with van der Waals surface area (Å²) in [5.41, 5.74) is 2.19. The van der Waals surface area contributed by atoms with Crippen LogP contribution in [0.4, 0.5) is 5.69 Å². The van der Waals surface area contributed by atoms with Crippen LogP contribution in [0.3, 0.4) is 0 Å². The van der Waals surface area contributed by atoms with Crippen LogP contribution in [-0.4, -0.2) is 20.8 Å². The van der Waals surface area contributed by atoms with Crippen molar-refractivity contribution in [2.75, 3.05) is 26.1 Å². The van der Waals surface area contributed by atoms with Crippen molar-refractivity contribution in [2.24, 2.45) is 0 Å². The number of rotatable bonds is 6. The molecular formula is C16H18BrNO2. The van der Waals surface area contributed by atoms with E-state index in [-0.39, 0.29) is 6.04 Å². The first-order chi connectivity index (χ1) is 9.74. The first kappa shape index (κ1) is 14.9. The van der Waals surface area contributed by atoms with Gasteiger partial charge in [-0.25, -0.2) is 0 Å². The van der Waals surface area contributed by atoms with E-state index in [0.717, 1.165) is 15.9 Å². The highest BCUT2D eigenvalue weighted by Crippen LogP contribution is 2.29. The maximum absolute atomic E-state index is 5.31. The topological polar surface area (TPSA) is 30.5 Å². The number of benzene rings is 2. The molecule has 0 aromatic heterocycles. The van der Waals surface area contributed by atoms with Gasteiger partial charge in [0.1, 0.15) is 5.75 Å². The largest absolute Gasteiger partial charge is 0.495 e. The number of ether oxygens (including phenoxy) is 2. The first-order valence-electron chi connectivity index (χ1n) is 6.38. The SMILES string of the molecule is COCC(Nc1ccc(Br)c(OC)c1)c1ccccc1. The van der Waals surface area contributed by atoms with Gasteiger partial charge in [0.25, 0.3) is 0 Å². The Kier molecular flexibility index (Phi) is 5.44. The highest BCUT2D eigenvalue weighted by molar-refractivity contribution is 9.10. The highest BCUT2D eigenvalue weighted by Gasteiger charge is 2.11. The number of hydrogen-bond donors (Lipinski definition) is 1. The molecule has 0 bridgehead atoms. The van der Waals surface area contributed by atoms with Crippen LogP contribution in [0.15, 0.2) is 53.0 Å². The molecule has 0 aliphatic carbocycles. The molecule has 0 spiro atoms. The Morgan fingerprint density at radius 2 is 1.85 bits per heavy atom. The van der Waals surface area contributed by atoms with Gasteiger partial charge in [-0.05, 0) is 33.6 Å². The van der Waals surface area contributed by atoms with E-state index in [1.165, 1.54) is 5.56 Å². The van der Waals surface area contributed by atoms with Gasteiger partial charge in [-0.1, -0.05) is 30.3 Å². The fourth-order valence-electron chi connectivity index (χ4n) is 2.02. The van der Waals surface area contributed by atoms with E-state index in [9.17, 15) is 0 Å². The van der Waals surface area contributed by atoms with E-state index in [1.54, 1.807) is 14.2 Å². The molecule has 3 nitrogen and oxygen atoms in total. The summed E-state index contributed by atoms with van der Waals surface area (Å²) in [7, 11) is 3.37. The van der Waals surface area contributed by atoms with Crippen LogP contribution in [0.2, 0.25) is 0 Å². The van der Waals surface area contributed by atoms with Gasteiger partial charge < -0.3 is 14.8 Å². The lowest BCUT2D eigenvalue weighted by Gasteiger charge is -2.20. The van der Waals surface area contributed by atoms with Crippen molar-refractivity contribution >= 4 is 21.6 Å². The molecule has 0 aliphatic rings. The van der Waals surface area contributed by atoms with Crippen molar-refractivity contribution in [1.29, 1.82) is 0 Å². The quantitative estimate of drug-likeness (QED) is 0.855. The minimum Gasteiger partial charge on any atom is -0.495 e. The maximum atomic E-state index is 5.31. The van der Waals surface area contributed by atoms with E-state index in [1.807, 2.05) is 36.4 Å². The van der Waals surface area contributed by atoms with Crippen LogP contribution in [-0.2, 0) is 4.74 Å². The van der Waals surface area contributed by atoms with Crippen LogP contribution in [0.25, 0.3) is 0 Å². The van der Waals surface area contributed by atoms with Crippen molar-refractivity contribution in [3.63, 3.8) is 0 Å². The van der Waals surface area contributed by atoms with Gasteiger partial charge in [-0.3, -0.25) is 0 Å². The standard InChI is InChI=1S/C16H18BrNO2/c1-19-11-15(12-6-4-3-5-7-12)18-13-8-9-14(17)16(10-13)20-2/h3-10,15,18H,11H2,1-2H3. The van der Waals surface area contributed by atoms with Crippen molar-refractivity contribution in [1.82, 2.24) is 0 Å². The Morgan fingerprint density at radius 1 is 1.10 bits per heavy atom. The van der Waals surface area contributed by atoms with Gasteiger partial charge in [0.05, 0.1) is 24.2 Å². The smallest absolute Gasteiger partial charge is 0.135 e. The zero-order valence-corrected chi connectivity index (χ0v) is 13.2. The highest BCUT2D eigenvalue weighted by atomic mass is 79.9. The number of halogens is 1. The third-order valence-electron chi connectivity index (χ3n) is 3.03. The Morgan fingerprint density at radius 3 is 2.50 bits per heavy atom. The van der Waals surface area contributed by atoms with Crippen LogP contribution < -0.4 is 10.1 Å². The summed E-state index contributed by atoms with van der Waals surface area (Å²) in [6.07, 6.45) is 0. The molecule has 1 N–H and O–H groups in total. The normalized spacial score (nSPS) is 11.9. The molecule has 0 saturated heterocycles. The molecule has 0 aliphatic heterocycles. The van der Waals surface area contributed by atoms with Gasteiger partial charge in [0, 0.05) is 18.9 Å². The summed E-state index contributed by atoms with van der Waals surface area (Å²) in [4.78, 5) is 0. The van der Waals surface area contributed by atoms with Crippen LogP contribution in [0.1, 0.15) is 11.6 Å². The average Bonchev–Trinajstić information content (AvgIpc) is 2.49. The molecule has 0 heterocycles. The Bertz CT molecular complexity index is 545. The lowest BCUT2D eigenvalue weighted by Crippen LogP contribution is -2.16. The predicted molar refractivity (Wildman–Crippen MR) is 85.4 cm³/mol. The Labute approximate surface area is 128 Å². The third-order valence-corrected chi connectivity index (χ3v) is 3.68. The molecule has 2 aromatic carbocycles. The van der Waals surface area contributed by atoms with Crippen LogP contribution in [0.5, 0.6) is 5.75 Å². The summed E-state index contributed by atoms with van der Waals surface area (Å²) >= 11 is 3.46. The van der Waals surface area contributed by atoms with Gasteiger partial charge in [-0.2, -0.15) is 0 Å². The van der Waals surface area contributed by atoms with Gasteiger partial charge in [0.15, 0.2) is 0 Å². The lowest BCUT2D eigenvalue weighted by molar-refractivity contribution is 0.186. The maximum Gasteiger partial charge on any atom is 0.135 e. The zero-order valence-electron chi connectivity index (χ0n) is 11.6. The predicted octanol–water partition coefficient (Wildman–Crippen LogP) is 4.26. The molecule has 2 aromatic rings. The second-order valence-electron chi connectivity index (χ2n) is 4.41. The molecule has 0 amide bonds. The minimum atomic E-state index is 0.104. The average molecular weight is 336 g/mol. The Balaban J connectivity index is 2.20. The molecule has 0 fully saturated rings. The summed E-state index contributed by atoms with van der Waals surface area (Å²) in [6.45, 7) is 0.600. The second-order valence-corrected chi connectivity index (χ2v) is 5.27. The number of hydrogen-bond acceptors (Lipinski definition) is 3. The van der Waals surface area contributed by atoms with Crippen molar-refractivity contribution < 1.29 is 9.47 Å².